The molecule has 0 saturated carbocycles. The van der Waals surface area contributed by atoms with E-state index in [0.29, 0.717) is 23.3 Å². The first kappa shape index (κ1) is 31.0. The van der Waals surface area contributed by atoms with E-state index in [4.69, 9.17) is 15.2 Å². The molecule has 2 aliphatic heterocycles. The molecule has 8 nitrogen and oxygen atoms in total. The van der Waals surface area contributed by atoms with Crippen molar-refractivity contribution >= 4 is 11.4 Å². The molecular weight excluding hydrogens is 552 g/mol. The highest BCUT2D eigenvalue weighted by Crippen LogP contribution is 2.35. The lowest BCUT2D eigenvalue weighted by molar-refractivity contribution is -0.385. The number of methoxy groups -OCH3 is 2. The van der Waals surface area contributed by atoms with Gasteiger partial charge in [-0.3, -0.25) is 19.9 Å². The van der Waals surface area contributed by atoms with Crippen molar-refractivity contribution in [1.29, 1.82) is 0 Å². The zero-order valence-electron chi connectivity index (χ0n) is 25.6. The fourth-order valence-electron chi connectivity index (χ4n) is 6.26. The van der Waals surface area contributed by atoms with Gasteiger partial charge in [0.2, 0.25) is 0 Å². The lowest BCUT2D eigenvalue weighted by atomic mass is 9.98. The van der Waals surface area contributed by atoms with E-state index in [2.05, 4.69) is 76.5 Å². The molecular formula is C36H42N4O4. The van der Waals surface area contributed by atoms with E-state index in [1.807, 2.05) is 24.3 Å². The zero-order chi connectivity index (χ0) is 30.9. The van der Waals surface area contributed by atoms with Crippen LogP contribution in [0.1, 0.15) is 46.9 Å². The zero-order valence-corrected chi connectivity index (χ0v) is 25.6. The monoisotopic (exact) mass is 594 g/mol. The number of ether oxygens (including phenoxy) is 2. The second-order valence-electron chi connectivity index (χ2n) is 11.6. The van der Waals surface area contributed by atoms with Crippen molar-refractivity contribution in [3.63, 3.8) is 0 Å². The average Bonchev–Trinajstić information content (AvgIpc) is 3.72. The maximum absolute atomic E-state index is 11.0. The van der Waals surface area contributed by atoms with Crippen LogP contribution in [0.5, 0.6) is 11.5 Å². The van der Waals surface area contributed by atoms with Gasteiger partial charge in [0, 0.05) is 32.2 Å². The van der Waals surface area contributed by atoms with Gasteiger partial charge in [0.1, 0.15) is 5.75 Å². The van der Waals surface area contributed by atoms with Crippen LogP contribution in [0.4, 0.5) is 11.4 Å². The predicted molar refractivity (Wildman–Crippen MR) is 175 cm³/mol. The van der Waals surface area contributed by atoms with Crippen LogP contribution in [0, 0.1) is 10.1 Å². The Morgan fingerprint density at radius 2 is 1.20 bits per heavy atom. The van der Waals surface area contributed by atoms with E-state index < -0.39 is 4.92 Å². The molecule has 2 fully saturated rings. The summed E-state index contributed by atoms with van der Waals surface area (Å²) in [6.07, 6.45) is 2.26. The lowest BCUT2D eigenvalue weighted by Gasteiger charge is -2.17. The van der Waals surface area contributed by atoms with Gasteiger partial charge in [0.05, 0.1) is 24.8 Å². The number of rotatable bonds is 9. The Bertz CT molecular complexity index is 1520. The molecule has 44 heavy (non-hydrogen) atoms. The minimum Gasteiger partial charge on any atom is -0.495 e. The Morgan fingerprint density at radius 3 is 1.68 bits per heavy atom. The summed E-state index contributed by atoms with van der Waals surface area (Å²) in [5.41, 5.74) is 11.8. The van der Waals surface area contributed by atoms with Crippen molar-refractivity contribution < 1.29 is 14.4 Å². The fraction of sp³-hybridized carbons (Fsp3) is 0.333. The van der Waals surface area contributed by atoms with Crippen LogP contribution in [0.25, 0.3) is 0 Å². The molecule has 230 valence electrons. The first-order valence-corrected chi connectivity index (χ1v) is 15.2. The van der Waals surface area contributed by atoms with Crippen molar-refractivity contribution in [3.8, 4) is 11.5 Å². The van der Waals surface area contributed by atoms with E-state index >= 15 is 0 Å². The molecule has 0 amide bonds. The number of anilines is 1. The van der Waals surface area contributed by atoms with Crippen LogP contribution in [-0.2, 0) is 13.1 Å². The second-order valence-corrected chi connectivity index (χ2v) is 11.6. The molecule has 2 N–H and O–H groups in total. The Hall–Kier alpha value is -4.40. The highest BCUT2D eigenvalue weighted by atomic mass is 16.6. The molecule has 2 saturated heterocycles. The summed E-state index contributed by atoms with van der Waals surface area (Å²) in [5.74, 6) is 2.10. The minimum absolute atomic E-state index is 0.0235. The van der Waals surface area contributed by atoms with E-state index in [9.17, 15) is 10.1 Å². The van der Waals surface area contributed by atoms with Gasteiger partial charge in [-0.2, -0.15) is 0 Å². The van der Waals surface area contributed by atoms with Crippen molar-refractivity contribution in [1.82, 2.24) is 9.80 Å². The molecule has 2 unspecified atom stereocenters. The lowest BCUT2D eigenvalue weighted by Crippen LogP contribution is -2.19. The number of nitrogen functional groups attached to an aromatic ring is 1. The van der Waals surface area contributed by atoms with Gasteiger partial charge in [-0.05, 0) is 78.2 Å². The number of nitrogens with two attached hydrogens (primary N) is 1. The average molecular weight is 595 g/mol. The molecule has 2 heterocycles. The normalized spacial score (nSPS) is 18.4. The molecule has 8 heteroatoms. The maximum Gasteiger partial charge on any atom is 0.310 e. The second kappa shape index (κ2) is 14.9. The first-order chi connectivity index (χ1) is 21.4. The number of benzene rings is 4. The molecule has 6 rings (SSSR count). The molecule has 0 aromatic heterocycles. The van der Waals surface area contributed by atoms with Gasteiger partial charge in [-0.25, -0.2) is 0 Å². The van der Waals surface area contributed by atoms with Crippen molar-refractivity contribution in [3.05, 3.63) is 129 Å². The first-order valence-electron chi connectivity index (χ1n) is 15.2. The topological polar surface area (TPSA) is 94.1 Å². The summed E-state index contributed by atoms with van der Waals surface area (Å²) >= 11 is 0. The van der Waals surface area contributed by atoms with Gasteiger partial charge < -0.3 is 15.2 Å². The molecule has 4 aromatic carbocycles. The third-order valence-corrected chi connectivity index (χ3v) is 8.64. The SMILES string of the molecule is COc1cc(C2CCN(Cc3ccccc3)C2)ccc1N.COc1cc(C2CCN(Cc3ccccc3)C2)ccc1[N+](=O)[O-]. The number of nitrogens with zero attached hydrogens (tertiary/aromatic N) is 3. The molecule has 4 aromatic rings. The van der Waals surface area contributed by atoms with Crippen molar-refractivity contribution in [2.24, 2.45) is 0 Å². The maximum atomic E-state index is 11.0. The van der Waals surface area contributed by atoms with Crippen molar-refractivity contribution in [2.75, 3.05) is 46.1 Å². The van der Waals surface area contributed by atoms with Crippen LogP contribution < -0.4 is 15.2 Å². The molecule has 0 aliphatic carbocycles. The number of hydrogen-bond donors (Lipinski definition) is 1. The minimum atomic E-state index is -0.404. The smallest absolute Gasteiger partial charge is 0.310 e. The van der Waals surface area contributed by atoms with Gasteiger partial charge in [-0.15, -0.1) is 0 Å². The largest absolute Gasteiger partial charge is 0.495 e. The van der Waals surface area contributed by atoms with Crippen LogP contribution in [0.15, 0.2) is 97.1 Å². The van der Waals surface area contributed by atoms with Crippen LogP contribution >= 0.6 is 0 Å². The number of hydrogen-bond acceptors (Lipinski definition) is 7. The summed E-state index contributed by atoms with van der Waals surface area (Å²) in [4.78, 5) is 15.5. The van der Waals surface area contributed by atoms with E-state index in [1.54, 1.807) is 13.2 Å². The van der Waals surface area contributed by atoms with Crippen LogP contribution in [-0.4, -0.2) is 55.1 Å². The van der Waals surface area contributed by atoms with E-state index in [1.165, 1.54) is 30.2 Å². The summed E-state index contributed by atoms with van der Waals surface area (Å²) in [6.45, 7) is 6.23. The molecule has 0 radical (unpaired) electrons. The predicted octanol–water partition coefficient (Wildman–Crippen LogP) is 6.86. The summed E-state index contributed by atoms with van der Waals surface area (Å²) in [7, 11) is 3.15. The third kappa shape index (κ3) is 7.95. The quantitative estimate of drug-likeness (QED) is 0.129. The number of nitro groups is 1. The van der Waals surface area contributed by atoms with Crippen LogP contribution in [0.2, 0.25) is 0 Å². The molecule has 2 atom stereocenters. The van der Waals surface area contributed by atoms with Crippen molar-refractivity contribution in [2.45, 2.75) is 37.8 Å². The van der Waals surface area contributed by atoms with Crippen LogP contribution in [0.3, 0.4) is 0 Å². The Kier molecular flexibility index (Phi) is 10.5. The molecule has 0 spiro atoms. The van der Waals surface area contributed by atoms with E-state index in [0.717, 1.165) is 57.0 Å². The number of nitro benzene ring substituents is 1. The van der Waals surface area contributed by atoms with E-state index in [-0.39, 0.29) is 5.69 Å². The Balaban J connectivity index is 0.000000175. The highest BCUT2D eigenvalue weighted by molar-refractivity contribution is 5.54. The third-order valence-electron chi connectivity index (χ3n) is 8.64. The summed E-state index contributed by atoms with van der Waals surface area (Å²) in [6, 6.07) is 32.5. The fourth-order valence-corrected chi connectivity index (χ4v) is 6.26. The Morgan fingerprint density at radius 1 is 0.727 bits per heavy atom. The van der Waals surface area contributed by atoms with Gasteiger partial charge in [0.25, 0.3) is 0 Å². The molecule has 0 bridgehead atoms. The number of likely N-dealkylation sites (tertiary alicyclic amines) is 2. The summed E-state index contributed by atoms with van der Waals surface area (Å²) in [5, 5.41) is 11.0. The van der Waals surface area contributed by atoms with Gasteiger partial charge >= 0.3 is 5.69 Å². The van der Waals surface area contributed by atoms with Gasteiger partial charge in [-0.1, -0.05) is 72.8 Å². The van der Waals surface area contributed by atoms with Gasteiger partial charge in [0.15, 0.2) is 5.75 Å². The summed E-state index contributed by atoms with van der Waals surface area (Å²) < 4.78 is 10.5. The standard InChI is InChI=1S/C18H20N2O3.C18H22N2O/c1-23-18-11-15(7-8-17(18)20(21)22)16-9-10-19(13-16)12-14-5-3-2-4-6-14;1-21-18-11-15(7-8-17(18)19)16-9-10-20(13-16)12-14-5-3-2-4-6-14/h2-8,11,16H,9-10,12-13H2,1H3;2-8,11,16H,9-10,12-13,19H2,1H3. The Labute approximate surface area is 260 Å². The molecule has 2 aliphatic rings. The highest BCUT2D eigenvalue weighted by Gasteiger charge is 2.26.